The molecule has 0 bridgehead atoms. The molecule has 0 heterocycles. The third-order valence-electron chi connectivity index (χ3n) is 1.25. The van der Waals surface area contributed by atoms with Crippen LogP contribution >= 0.6 is 21.4 Å². The first-order chi connectivity index (χ1) is 7.08. The van der Waals surface area contributed by atoms with Crippen LogP contribution in [0.4, 0.5) is 13.2 Å². The molecule has 92 valence electrons. The van der Waals surface area contributed by atoms with Crippen molar-refractivity contribution < 1.29 is 21.6 Å². The van der Waals surface area contributed by atoms with Crippen molar-refractivity contribution in [2.75, 3.05) is 0 Å². The number of hydrogen-bond acceptors (Lipinski definition) is 2. The zero-order valence-corrected chi connectivity index (χ0v) is 10.0. The lowest BCUT2D eigenvalue weighted by Gasteiger charge is -2.04. The molecule has 0 spiro atoms. The van der Waals surface area contributed by atoms with Gasteiger partial charge in [0.15, 0.2) is 0 Å². The first kappa shape index (κ1) is 15.5. The number of hydrogen-bond donors (Lipinski definition) is 0. The molecule has 0 aromatic heterocycles. The summed E-state index contributed by atoms with van der Waals surface area (Å²) in [5.41, 5.74) is 0.306. The zero-order chi connectivity index (χ0) is 12.8. The molecule has 0 fully saturated rings. The van der Waals surface area contributed by atoms with Crippen LogP contribution in [0.5, 0.6) is 0 Å². The molecular weight excluding hydrogens is 288 g/mol. The predicted octanol–water partition coefficient (Wildman–Crippen LogP) is 3.50. The van der Waals surface area contributed by atoms with Gasteiger partial charge >= 0.3 is 14.4 Å². The van der Waals surface area contributed by atoms with Gasteiger partial charge in [-0.3, -0.25) is 0 Å². The van der Waals surface area contributed by atoms with E-state index in [1.807, 2.05) is 0 Å². The van der Waals surface area contributed by atoms with Gasteiger partial charge < -0.3 is 0 Å². The lowest BCUT2D eigenvalue weighted by atomic mass is 10.1. The summed E-state index contributed by atoms with van der Waals surface area (Å²) in [6.07, 6.45) is -4.94. The second-order valence-corrected chi connectivity index (χ2v) is 6.32. The van der Waals surface area contributed by atoms with E-state index in [0.717, 1.165) is 0 Å². The van der Waals surface area contributed by atoms with Crippen molar-refractivity contribution in [1.29, 1.82) is 0 Å². The average Bonchev–Trinajstić information content (AvgIpc) is 1.99. The summed E-state index contributed by atoms with van der Waals surface area (Å²) in [5, 5.41) is 0. The largest absolute Gasteiger partial charge is 0.393 e. The Labute approximate surface area is 99.9 Å². The maximum absolute atomic E-state index is 11.7. The Balaban J connectivity index is 0.000000385. The first-order valence-electron chi connectivity index (χ1n) is 3.83. The van der Waals surface area contributed by atoms with Gasteiger partial charge in [-0.2, -0.15) is 21.6 Å². The van der Waals surface area contributed by atoms with E-state index in [1.54, 1.807) is 18.2 Å². The molecule has 0 saturated carbocycles. The summed E-state index contributed by atoms with van der Waals surface area (Å²) in [7, 11) is 4.81. The predicted molar refractivity (Wildman–Crippen MR) is 56.8 cm³/mol. The Kier molecular flexibility index (Phi) is 6.14. The molecule has 0 radical (unpaired) electrons. The fourth-order valence-electron chi connectivity index (χ4n) is 0.827. The molecule has 1 aromatic rings. The summed E-state index contributed by atoms with van der Waals surface area (Å²) < 4.78 is 53.5. The zero-order valence-electron chi connectivity index (χ0n) is 7.71. The van der Waals surface area contributed by atoms with Gasteiger partial charge in [-0.15, -0.1) is 0 Å². The van der Waals surface area contributed by atoms with Gasteiger partial charge in [0.05, 0.1) is 6.42 Å². The van der Waals surface area contributed by atoms with E-state index in [1.165, 1.54) is 12.1 Å². The van der Waals surface area contributed by atoms with Gasteiger partial charge in [0.1, 0.15) is 0 Å². The number of halogens is 5. The van der Waals surface area contributed by atoms with Crippen LogP contribution in [-0.2, 0) is 14.7 Å². The molecule has 0 saturated heterocycles. The highest BCUT2D eigenvalue weighted by Gasteiger charge is 2.27. The SMILES string of the molecule is FC(F)(F)Cc1ccccc1.O=S(=O)(Cl)Cl. The molecular formula is C8H7Cl2F3O2S. The summed E-state index contributed by atoms with van der Waals surface area (Å²) in [5.74, 6) is 0. The van der Waals surface area contributed by atoms with Gasteiger partial charge in [0, 0.05) is 21.4 Å². The van der Waals surface area contributed by atoms with Gasteiger partial charge in [0.25, 0.3) is 0 Å². The van der Waals surface area contributed by atoms with Gasteiger partial charge in [-0.05, 0) is 5.56 Å². The molecule has 2 nitrogen and oxygen atoms in total. The maximum Gasteiger partial charge on any atom is 0.393 e. The molecule has 0 atom stereocenters. The lowest BCUT2D eigenvalue weighted by Crippen LogP contribution is -2.11. The fraction of sp³-hybridized carbons (Fsp3) is 0.250. The minimum Gasteiger partial charge on any atom is -0.195 e. The fourth-order valence-corrected chi connectivity index (χ4v) is 0.827. The van der Waals surface area contributed by atoms with E-state index in [2.05, 4.69) is 21.4 Å². The monoisotopic (exact) mass is 294 g/mol. The standard InChI is InChI=1S/C8H7F3.Cl2O2S/c9-8(10,11)6-7-4-2-1-3-5-7;1-5(2,3)4/h1-5H,6H2;. The lowest BCUT2D eigenvalue weighted by molar-refractivity contribution is -0.127. The van der Waals surface area contributed by atoms with Crippen molar-refractivity contribution in [2.24, 2.45) is 0 Å². The third-order valence-corrected chi connectivity index (χ3v) is 1.25. The topological polar surface area (TPSA) is 34.1 Å². The first-order valence-corrected chi connectivity index (χ1v) is 6.96. The normalized spacial score (nSPS) is 11.6. The van der Waals surface area contributed by atoms with Crippen LogP contribution in [0.25, 0.3) is 0 Å². The highest BCUT2D eigenvalue weighted by Crippen LogP contribution is 2.20. The second-order valence-electron chi connectivity index (χ2n) is 2.66. The minimum absolute atomic E-state index is 0.306. The molecule has 0 aliphatic heterocycles. The Morgan fingerprint density at radius 3 is 1.75 bits per heavy atom. The second kappa shape index (κ2) is 6.32. The number of rotatable bonds is 1. The molecule has 16 heavy (non-hydrogen) atoms. The van der Waals surface area contributed by atoms with E-state index in [4.69, 9.17) is 8.42 Å². The van der Waals surface area contributed by atoms with E-state index >= 15 is 0 Å². The van der Waals surface area contributed by atoms with Crippen molar-refractivity contribution in [2.45, 2.75) is 12.6 Å². The molecule has 0 amide bonds. The van der Waals surface area contributed by atoms with Crippen molar-refractivity contribution in [3.63, 3.8) is 0 Å². The molecule has 0 aliphatic rings. The Bertz CT molecular complexity index is 395. The number of alkyl halides is 3. The van der Waals surface area contributed by atoms with Crippen LogP contribution in [0, 0.1) is 0 Å². The molecule has 1 aromatic carbocycles. The third kappa shape index (κ3) is 13.5. The van der Waals surface area contributed by atoms with Crippen molar-refractivity contribution in [1.82, 2.24) is 0 Å². The highest BCUT2D eigenvalue weighted by molar-refractivity contribution is 8.31. The molecule has 0 N–H and O–H groups in total. The van der Waals surface area contributed by atoms with Crippen LogP contribution in [0.3, 0.4) is 0 Å². The van der Waals surface area contributed by atoms with Crippen LogP contribution in [0.1, 0.15) is 5.56 Å². The van der Waals surface area contributed by atoms with Crippen molar-refractivity contribution in [3.8, 4) is 0 Å². The Morgan fingerprint density at radius 1 is 1.06 bits per heavy atom. The summed E-state index contributed by atoms with van der Waals surface area (Å²) >= 11 is 0. The molecule has 8 heteroatoms. The average molecular weight is 295 g/mol. The van der Waals surface area contributed by atoms with Gasteiger partial charge in [-0.1, -0.05) is 30.3 Å². The molecule has 0 unspecified atom stereocenters. The van der Waals surface area contributed by atoms with Crippen LogP contribution < -0.4 is 0 Å². The Morgan fingerprint density at radius 2 is 1.44 bits per heavy atom. The van der Waals surface area contributed by atoms with Crippen molar-refractivity contribution >= 4 is 29.6 Å². The summed E-state index contributed by atoms with van der Waals surface area (Å²) in [6.45, 7) is 0. The van der Waals surface area contributed by atoms with Crippen LogP contribution in [-0.4, -0.2) is 14.6 Å². The van der Waals surface area contributed by atoms with Crippen LogP contribution in [0.15, 0.2) is 30.3 Å². The smallest absolute Gasteiger partial charge is 0.195 e. The van der Waals surface area contributed by atoms with Gasteiger partial charge in [0.2, 0.25) is 0 Å². The van der Waals surface area contributed by atoms with E-state index in [9.17, 15) is 13.2 Å². The van der Waals surface area contributed by atoms with E-state index in [0.29, 0.717) is 5.56 Å². The van der Waals surface area contributed by atoms with E-state index < -0.39 is 20.9 Å². The van der Waals surface area contributed by atoms with Gasteiger partial charge in [-0.25, -0.2) is 0 Å². The minimum atomic E-state index is -4.10. The van der Waals surface area contributed by atoms with Crippen LogP contribution in [0.2, 0.25) is 0 Å². The quantitative estimate of drug-likeness (QED) is 0.743. The maximum atomic E-state index is 11.7. The van der Waals surface area contributed by atoms with Crippen molar-refractivity contribution in [3.05, 3.63) is 35.9 Å². The number of benzene rings is 1. The van der Waals surface area contributed by atoms with E-state index in [-0.39, 0.29) is 0 Å². The molecule has 1 rings (SSSR count). The summed E-state index contributed by atoms with van der Waals surface area (Å²) in [4.78, 5) is 0. The molecule has 0 aliphatic carbocycles. The highest BCUT2D eigenvalue weighted by atomic mass is 36.0. The summed E-state index contributed by atoms with van der Waals surface area (Å²) in [6, 6.07) is 7.82. The Hall–Kier alpha value is -0.460.